The molecule has 2 N–H and O–H groups in total. The lowest BCUT2D eigenvalue weighted by molar-refractivity contribution is 0.282. The highest BCUT2D eigenvalue weighted by Gasteiger charge is 2.12. The Morgan fingerprint density at radius 1 is 1.00 bits per heavy atom. The molecule has 1 aliphatic heterocycles. The van der Waals surface area contributed by atoms with Gasteiger partial charge in [-0.1, -0.05) is 48.5 Å². The van der Waals surface area contributed by atoms with E-state index in [1.54, 1.807) is 0 Å². The highest BCUT2D eigenvalue weighted by Crippen LogP contribution is 2.24. The molecular weight excluding hydrogens is 236 g/mol. The Kier molecular flexibility index (Phi) is 3.29. The van der Waals surface area contributed by atoms with Crippen molar-refractivity contribution < 1.29 is 5.11 Å². The molecule has 3 rings (SSSR count). The monoisotopic (exact) mass is 252 g/mol. The molecule has 0 unspecified atom stereocenters. The van der Waals surface area contributed by atoms with E-state index < -0.39 is 0 Å². The molecule has 3 nitrogen and oxygen atoms in total. The van der Waals surface area contributed by atoms with Crippen LogP contribution in [0.5, 0.6) is 0 Å². The van der Waals surface area contributed by atoms with Gasteiger partial charge < -0.3 is 10.4 Å². The van der Waals surface area contributed by atoms with Gasteiger partial charge in [0, 0.05) is 12.1 Å². The minimum absolute atomic E-state index is 0.0796. The molecule has 0 amide bonds. The summed E-state index contributed by atoms with van der Waals surface area (Å²) in [7, 11) is 0. The van der Waals surface area contributed by atoms with Crippen molar-refractivity contribution in [3.63, 3.8) is 0 Å². The molecule has 0 atom stereocenters. The maximum Gasteiger partial charge on any atom is 0.129 e. The first-order chi connectivity index (χ1) is 9.38. The molecule has 2 aromatic rings. The van der Waals surface area contributed by atoms with Crippen LogP contribution in [0.3, 0.4) is 0 Å². The van der Waals surface area contributed by atoms with Crippen LogP contribution < -0.4 is 5.32 Å². The summed E-state index contributed by atoms with van der Waals surface area (Å²) in [6.07, 6.45) is 0. The molecule has 19 heavy (non-hydrogen) atoms. The van der Waals surface area contributed by atoms with Crippen molar-refractivity contribution in [3.8, 4) is 11.1 Å². The summed E-state index contributed by atoms with van der Waals surface area (Å²) in [5.41, 5.74) is 4.37. The van der Waals surface area contributed by atoms with Crippen molar-refractivity contribution in [1.29, 1.82) is 0 Å². The summed E-state index contributed by atoms with van der Waals surface area (Å²) >= 11 is 0. The first-order valence-corrected chi connectivity index (χ1v) is 6.46. The quantitative estimate of drug-likeness (QED) is 0.879. The van der Waals surface area contributed by atoms with Crippen LogP contribution in [0.4, 0.5) is 0 Å². The van der Waals surface area contributed by atoms with E-state index in [2.05, 4.69) is 22.4 Å². The number of nitrogens with one attached hydrogen (secondary N) is 1. The predicted octanol–water partition coefficient (Wildman–Crippen LogP) is 2.20. The van der Waals surface area contributed by atoms with Crippen molar-refractivity contribution in [2.24, 2.45) is 4.99 Å². The Morgan fingerprint density at radius 2 is 1.74 bits per heavy atom. The van der Waals surface area contributed by atoms with Gasteiger partial charge in [-0.05, 0) is 16.7 Å². The van der Waals surface area contributed by atoms with Gasteiger partial charge in [0.05, 0.1) is 13.2 Å². The van der Waals surface area contributed by atoms with Gasteiger partial charge in [-0.2, -0.15) is 0 Å². The molecule has 2 aromatic carbocycles. The smallest absolute Gasteiger partial charge is 0.129 e. The molecule has 1 heterocycles. The van der Waals surface area contributed by atoms with Crippen LogP contribution in [0.15, 0.2) is 53.5 Å². The summed E-state index contributed by atoms with van der Waals surface area (Å²) < 4.78 is 0. The van der Waals surface area contributed by atoms with Crippen LogP contribution >= 0.6 is 0 Å². The van der Waals surface area contributed by atoms with Crippen molar-refractivity contribution in [2.75, 3.05) is 13.1 Å². The zero-order chi connectivity index (χ0) is 13.1. The third-order valence-electron chi connectivity index (χ3n) is 3.30. The number of nitrogens with zero attached hydrogens (tertiary/aromatic N) is 1. The number of benzene rings is 2. The second kappa shape index (κ2) is 5.24. The molecular formula is C16H16N2O. The first-order valence-electron chi connectivity index (χ1n) is 6.46. The van der Waals surface area contributed by atoms with E-state index in [9.17, 15) is 0 Å². The first kappa shape index (κ1) is 11.9. The molecule has 0 saturated carbocycles. The van der Waals surface area contributed by atoms with Crippen LogP contribution in [0, 0.1) is 0 Å². The van der Waals surface area contributed by atoms with Gasteiger partial charge >= 0.3 is 0 Å². The van der Waals surface area contributed by atoms with E-state index in [4.69, 9.17) is 5.11 Å². The number of hydrogen-bond acceptors (Lipinski definition) is 3. The van der Waals surface area contributed by atoms with Gasteiger partial charge in [-0.25, -0.2) is 0 Å². The summed E-state index contributed by atoms with van der Waals surface area (Å²) in [4.78, 5) is 4.49. The van der Waals surface area contributed by atoms with Crippen molar-refractivity contribution in [1.82, 2.24) is 5.32 Å². The van der Waals surface area contributed by atoms with E-state index in [1.807, 2.05) is 36.4 Å². The number of amidine groups is 1. The lowest BCUT2D eigenvalue weighted by Crippen LogP contribution is -2.20. The molecule has 96 valence electrons. The largest absolute Gasteiger partial charge is 0.392 e. The minimum Gasteiger partial charge on any atom is -0.392 e. The van der Waals surface area contributed by atoms with Crippen LogP contribution in [0.2, 0.25) is 0 Å². The highest BCUT2D eigenvalue weighted by atomic mass is 16.3. The zero-order valence-electron chi connectivity index (χ0n) is 10.6. The molecule has 0 aromatic heterocycles. The fraction of sp³-hybridized carbons (Fsp3) is 0.188. The van der Waals surface area contributed by atoms with Gasteiger partial charge in [0.25, 0.3) is 0 Å². The fourth-order valence-corrected chi connectivity index (χ4v) is 2.31. The average Bonchev–Trinajstić information content (AvgIpc) is 3.01. The fourth-order valence-electron chi connectivity index (χ4n) is 2.31. The standard InChI is InChI=1S/C16H16N2O/c19-11-12-5-7-13(8-6-12)14-3-1-2-4-15(14)16-17-9-10-18-16/h1-8,19H,9-11H2,(H,17,18). The van der Waals surface area contributed by atoms with E-state index in [1.165, 1.54) is 5.56 Å². The topological polar surface area (TPSA) is 44.6 Å². The van der Waals surface area contributed by atoms with Gasteiger partial charge in [0.15, 0.2) is 0 Å². The Balaban J connectivity index is 2.03. The number of aliphatic imine (C=N–C) groups is 1. The van der Waals surface area contributed by atoms with Gasteiger partial charge in [0.1, 0.15) is 5.84 Å². The Hall–Kier alpha value is -2.13. The molecule has 0 spiro atoms. The third kappa shape index (κ3) is 2.37. The Bertz CT molecular complexity index is 602. The van der Waals surface area contributed by atoms with Gasteiger partial charge in [-0.3, -0.25) is 4.99 Å². The summed E-state index contributed by atoms with van der Waals surface area (Å²) in [6.45, 7) is 1.83. The molecule has 0 saturated heterocycles. The number of hydrogen-bond donors (Lipinski definition) is 2. The minimum atomic E-state index is 0.0796. The number of aliphatic hydroxyl groups is 1. The van der Waals surface area contributed by atoms with E-state index in [0.29, 0.717) is 0 Å². The van der Waals surface area contributed by atoms with Crippen molar-refractivity contribution in [2.45, 2.75) is 6.61 Å². The molecule has 3 heteroatoms. The summed E-state index contributed by atoms with van der Waals surface area (Å²) in [5.74, 6) is 0.974. The SMILES string of the molecule is OCc1ccc(-c2ccccc2C2=NCCN2)cc1. The Labute approximate surface area is 112 Å². The lowest BCUT2D eigenvalue weighted by atomic mass is 9.98. The van der Waals surface area contributed by atoms with E-state index in [0.717, 1.165) is 35.6 Å². The molecule has 0 bridgehead atoms. The zero-order valence-corrected chi connectivity index (χ0v) is 10.6. The molecule has 0 radical (unpaired) electrons. The maximum atomic E-state index is 9.10. The van der Waals surface area contributed by atoms with Gasteiger partial charge in [0.2, 0.25) is 0 Å². The van der Waals surface area contributed by atoms with Crippen LogP contribution in [0.25, 0.3) is 11.1 Å². The normalized spacial score (nSPS) is 14.1. The van der Waals surface area contributed by atoms with E-state index >= 15 is 0 Å². The molecule has 0 aliphatic carbocycles. The lowest BCUT2D eigenvalue weighted by Gasteiger charge is -2.10. The highest BCUT2D eigenvalue weighted by molar-refractivity contribution is 6.05. The molecule has 1 aliphatic rings. The van der Waals surface area contributed by atoms with Crippen molar-refractivity contribution in [3.05, 3.63) is 59.7 Å². The van der Waals surface area contributed by atoms with Crippen LogP contribution in [0.1, 0.15) is 11.1 Å². The van der Waals surface area contributed by atoms with Crippen molar-refractivity contribution >= 4 is 5.84 Å². The Morgan fingerprint density at radius 3 is 2.37 bits per heavy atom. The van der Waals surface area contributed by atoms with E-state index in [-0.39, 0.29) is 6.61 Å². The van der Waals surface area contributed by atoms with Crippen LogP contribution in [-0.2, 0) is 6.61 Å². The second-order valence-electron chi connectivity index (χ2n) is 4.56. The molecule has 0 fully saturated rings. The van der Waals surface area contributed by atoms with Crippen LogP contribution in [-0.4, -0.2) is 24.0 Å². The number of rotatable bonds is 3. The second-order valence-corrected chi connectivity index (χ2v) is 4.56. The average molecular weight is 252 g/mol. The number of aliphatic hydroxyl groups excluding tert-OH is 1. The van der Waals surface area contributed by atoms with Gasteiger partial charge in [-0.15, -0.1) is 0 Å². The summed E-state index contributed by atoms with van der Waals surface area (Å²) in [5, 5.41) is 12.4. The maximum absolute atomic E-state index is 9.10. The third-order valence-corrected chi connectivity index (χ3v) is 3.30. The summed E-state index contributed by atoms with van der Waals surface area (Å²) in [6, 6.07) is 16.3. The predicted molar refractivity (Wildman–Crippen MR) is 77.2 cm³/mol.